The zero-order valence-corrected chi connectivity index (χ0v) is 17.5. The summed E-state index contributed by atoms with van der Waals surface area (Å²) in [5.74, 6) is 0.298. The Morgan fingerprint density at radius 3 is 2.17 bits per heavy atom. The lowest BCUT2D eigenvalue weighted by Gasteiger charge is -2.26. The van der Waals surface area contributed by atoms with Gasteiger partial charge >= 0.3 is 0 Å². The predicted molar refractivity (Wildman–Crippen MR) is 115 cm³/mol. The van der Waals surface area contributed by atoms with Crippen LogP contribution in [-0.2, 0) is 16.0 Å². The molecule has 154 valence electrons. The van der Waals surface area contributed by atoms with Gasteiger partial charge in [0.25, 0.3) is 5.91 Å². The van der Waals surface area contributed by atoms with Crippen molar-refractivity contribution in [3.8, 4) is 0 Å². The van der Waals surface area contributed by atoms with E-state index in [9.17, 15) is 9.59 Å². The number of rotatable bonds is 6. The maximum Gasteiger partial charge on any atom is 0.254 e. The fourth-order valence-corrected chi connectivity index (χ4v) is 3.46. The Morgan fingerprint density at radius 2 is 1.59 bits per heavy atom. The number of amides is 2. The maximum atomic E-state index is 12.6. The number of ether oxygens (including phenoxy) is 1. The molecule has 1 N–H and O–H groups in total. The molecule has 1 saturated heterocycles. The van der Waals surface area contributed by atoms with Crippen LogP contribution in [-0.4, -0.2) is 43.0 Å². The van der Waals surface area contributed by atoms with E-state index in [1.54, 1.807) is 29.2 Å². The molecule has 5 heteroatoms. The molecule has 3 rings (SSSR count). The molecular weight excluding hydrogens is 364 g/mol. The van der Waals surface area contributed by atoms with Crippen molar-refractivity contribution in [3.05, 3.63) is 65.2 Å². The topological polar surface area (TPSA) is 58.6 Å². The van der Waals surface area contributed by atoms with Crippen LogP contribution >= 0.6 is 0 Å². The molecule has 1 heterocycles. The first-order valence-corrected chi connectivity index (χ1v) is 10.3. The Bertz CT molecular complexity index is 822. The number of anilines is 1. The molecule has 2 aromatic rings. The second-order valence-electron chi connectivity index (χ2n) is 8.03. The van der Waals surface area contributed by atoms with Gasteiger partial charge in [-0.15, -0.1) is 0 Å². The normalized spacial score (nSPS) is 15.2. The zero-order chi connectivity index (χ0) is 20.8. The average molecular weight is 395 g/mol. The molecule has 2 aromatic carbocycles. The Kier molecular flexibility index (Phi) is 7.04. The van der Waals surface area contributed by atoms with E-state index in [4.69, 9.17) is 4.74 Å². The van der Waals surface area contributed by atoms with Crippen molar-refractivity contribution in [3.63, 3.8) is 0 Å². The van der Waals surface area contributed by atoms with Crippen molar-refractivity contribution in [1.82, 2.24) is 4.90 Å². The van der Waals surface area contributed by atoms with Gasteiger partial charge in [0.05, 0.1) is 19.1 Å². The van der Waals surface area contributed by atoms with E-state index in [-0.39, 0.29) is 17.7 Å². The van der Waals surface area contributed by atoms with Gasteiger partial charge < -0.3 is 15.0 Å². The van der Waals surface area contributed by atoms with E-state index >= 15 is 0 Å². The summed E-state index contributed by atoms with van der Waals surface area (Å²) in [6.07, 6.45) is 1.04. The maximum absolute atomic E-state index is 12.6. The highest BCUT2D eigenvalue weighted by atomic mass is 16.5. The third-order valence-corrected chi connectivity index (χ3v) is 5.21. The minimum Gasteiger partial charge on any atom is -0.378 e. The number of nitrogens with one attached hydrogen (secondary N) is 1. The highest BCUT2D eigenvalue weighted by Gasteiger charge is 2.19. The van der Waals surface area contributed by atoms with Gasteiger partial charge in [0, 0.05) is 24.3 Å². The minimum atomic E-state index is -0.252. The summed E-state index contributed by atoms with van der Waals surface area (Å²) in [5, 5.41) is 2.95. The summed E-state index contributed by atoms with van der Waals surface area (Å²) in [4.78, 5) is 26.9. The first kappa shape index (κ1) is 21.1. The first-order valence-electron chi connectivity index (χ1n) is 10.3. The van der Waals surface area contributed by atoms with Crippen molar-refractivity contribution in [2.45, 2.75) is 33.1 Å². The highest BCUT2D eigenvalue weighted by molar-refractivity contribution is 5.97. The molecule has 0 aliphatic carbocycles. The molecule has 29 heavy (non-hydrogen) atoms. The van der Waals surface area contributed by atoms with Gasteiger partial charge in [-0.1, -0.05) is 38.1 Å². The summed E-state index contributed by atoms with van der Waals surface area (Å²) in [6, 6.07) is 15.4. The molecule has 5 nitrogen and oxygen atoms in total. The monoisotopic (exact) mass is 394 g/mol. The third-order valence-electron chi connectivity index (χ3n) is 5.21. The summed E-state index contributed by atoms with van der Waals surface area (Å²) < 4.78 is 5.29. The van der Waals surface area contributed by atoms with E-state index in [1.165, 1.54) is 5.56 Å². The van der Waals surface area contributed by atoms with Gasteiger partial charge in [0.1, 0.15) is 0 Å². The first-order chi connectivity index (χ1) is 13.9. The Hall–Kier alpha value is -2.66. The van der Waals surface area contributed by atoms with E-state index in [0.29, 0.717) is 43.5 Å². The van der Waals surface area contributed by atoms with Gasteiger partial charge in [0.2, 0.25) is 5.91 Å². The van der Waals surface area contributed by atoms with Crippen molar-refractivity contribution >= 4 is 17.5 Å². The Balaban J connectivity index is 1.59. The number of morpholine rings is 1. The molecule has 0 radical (unpaired) electrons. The number of nitrogens with zero attached hydrogens (tertiary/aromatic N) is 1. The lowest BCUT2D eigenvalue weighted by Crippen LogP contribution is -2.40. The van der Waals surface area contributed by atoms with Gasteiger partial charge in [0.15, 0.2) is 0 Å². The van der Waals surface area contributed by atoms with Crippen LogP contribution in [0.3, 0.4) is 0 Å². The molecule has 0 bridgehead atoms. The SMILES string of the molecule is CC(C)Cc1ccc(C(C)C(=O)Nc2ccc(C(=O)N3CCOCC3)cc2)cc1. The molecule has 1 aliphatic rings. The molecule has 1 aliphatic heterocycles. The molecule has 1 atom stereocenters. The fourth-order valence-electron chi connectivity index (χ4n) is 3.46. The summed E-state index contributed by atoms with van der Waals surface area (Å²) in [7, 11) is 0. The van der Waals surface area contributed by atoms with E-state index in [2.05, 4.69) is 31.3 Å². The van der Waals surface area contributed by atoms with Crippen LogP contribution in [0.1, 0.15) is 48.2 Å². The molecule has 0 aromatic heterocycles. The van der Waals surface area contributed by atoms with Crippen LogP contribution in [0.2, 0.25) is 0 Å². The van der Waals surface area contributed by atoms with Crippen LogP contribution in [0.15, 0.2) is 48.5 Å². The van der Waals surface area contributed by atoms with Gasteiger partial charge in [-0.25, -0.2) is 0 Å². The number of hydrogen-bond donors (Lipinski definition) is 1. The number of carbonyl (C=O) groups excluding carboxylic acids is 2. The van der Waals surface area contributed by atoms with E-state index in [0.717, 1.165) is 12.0 Å². The van der Waals surface area contributed by atoms with Gasteiger partial charge in [-0.2, -0.15) is 0 Å². The summed E-state index contributed by atoms with van der Waals surface area (Å²) >= 11 is 0. The standard InChI is InChI=1S/C24H30N2O3/c1-17(2)16-19-4-6-20(7-5-19)18(3)23(27)25-22-10-8-21(9-11-22)24(28)26-12-14-29-15-13-26/h4-11,17-18H,12-16H2,1-3H3,(H,25,27). The predicted octanol–water partition coefficient (Wildman–Crippen LogP) is 4.10. The average Bonchev–Trinajstić information content (AvgIpc) is 2.74. The van der Waals surface area contributed by atoms with Crippen LogP contribution in [0.4, 0.5) is 5.69 Å². The number of carbonyl (C=O) groups is 2. The van der Waals surface area contributed by atoms with Gasteiger partial charge in [-0.05, 0) is 54.7 Å². The fraction of sp³-hybridized carbons (Fsp3) is 0.417. The lowest BCUT2D eigenvalue weighted by molar-refractivity contribution is -0.117. The quantitative estimate of drug-likeness (QED) is 0.802. The number of benzene rings is 2. The molecular formula is C24H30N2O3. The van der Waals surface area contributed by atoms with Crippen LogP contribution in [0, 0.1) is 5.92 Å². The van der Waals surface area contributed by atoms with Crippen LogP contribution in [0.5, 0.6) is 0 Å². The largest absolute Gasteiger partial charge is 0.378 e. The lowest BCUT2D eigenvalue weighted by atomic mass is 9.96. The number of hydrogen-bond acceptors (Lipinski definition) is 3. The second kappa shape index (κ2) is 9.70. The Morgan fingerprint density at radius 1 is 0.966 bits per heavy atom. The Labute approximate surface area is 173 Å². The third kappa shape index (κ3) is 5.67. The summed E-state index contributed by atoms with van der Waals surface area (Å²) in [5.41, 5.74) is 3.60. The van der Waals surface area contributed by atoms with E-state index < -0.39 is 0 Å². The van der Waals surface area contributed by atoms with Crippen LogP contribution < -0.4 is 5.32 Å². The molecule has 1 fully saturated rings. The van der Waals surface area contributed by atoms with E-state index in [1.807, 2.05) is 19.1 Å². The molecule has 1 unspecified atom stereocenters. The highest BCUT2D eigenvalue weighted by Crippen LogP contribution is 2.20. The van der Waals surface area contributed by atoms with Crippen molar-refractivity contribution in [2.24, 2.45) is 5.92 Å². The molecule has 0 spiro atoms. The van der Waals surface area contributed by atoms with Crippen molar-refractivity contribution in [1.29, 1.82) is 0 Å². The summed E-state index contributed by atoms with van der Waals surface area (Å²) in [6.45, 7) is 8.69. The smallest absolute Gasteiger partial charge is 0.254 e. The second-order valence-corrected chi connectivity index (χ2v) is 8.03. The zero-order valence-electron chi connectivity index (χ0n) is 17.5. The molecule has 2 amide bonds. The minimum absolute atomic E-state index is 0.000956. The van der Waals surface area contributed by atoms with Gasteiger partial charge in [-0.3, -0.25) is 9.59 Å². The van der Waals surface area contributed by atoms with Crippen molar-refractivity contribution < 1.29 is 14.3 Å². The van der Waals surface area contributed by atoms with Crippen LogP contribution in [0.25, 0.3) is 0 Å². The molecule has 0 saturated carbocycles. The van der Waals surface area contributed by atoms with Crippen molar-refractivity contribution in [2.75, 3.05) is 31.6 Å².